The molecule has 0 unspecified atom stereocenters. The van der Waals surface area contributed by atoms with Crippen LogP contribution in [0.3, 0.4) is 0 Å². The number of carbonyl (C=O) groups excluding carboxylic acids is 1. The van der Waals surface area contributed by atoms with Gasteiger partial charge in [-0.05, 0) is 95.1 Å². The molecule has 1 aromatic heterocycles. The van der Waals surface area contributed by atoms with Gasteiger partial charge in [-0.15, -0.1) is 10.2 Å². The number of aromatic nitrogens is 2. The maximum Gasteiger partial charge on any atom is 0.277 e. The van der Waals surface area contributed by atoms with E-state index in [0.717, 1.165) is 40.5 Å². The fraction of sp³-hybridized carbons (Fsp3) is 0.625. The molecule has 4 bridgehead atoms. The van der Waals surface area contributed by atoms with Gasteiger partial charge in [0.15, 0.2) is 0 Å². The lowest BCUT2D eigenvalue weighted by atomic mass is 9.49. The van der Waals surface area contributed by atoms with Crippen LogP contribution in [0.2, 0.25) is 0 Å². The van der Waals surface area contributed by atoms with Crippen molar-refractivity contribution in [3.05, 3.63) is 34.7 Å². The second-order valence-electron chi connectivity index (χ2n) is 10.1. The van der Waals surface area contributed by atoms with Crippen LogP contribution >= 0.6 is 11.8 Å². The van der Waals surface area contributed by atoms with Crippen LogP contribution < -0.4 is 5.32 Å². The van der Waals surface area contributed by atoms with Crippen molar-refractivity contribution in [2.24, 2.45) is 17.8 Å². The van der Waals surface area contributed by atoms with E-state index in [9.17, 15) is 4.79 Å². The smallest absolute Gasteiger partial charge is 0.277 e. The van der Waals surface area contributed by atoms with E-state index in [2.05, 4.69) is 34.6 Å². The lowest BCUT2D eigenvalue weighted by Gasteiger charge is -2.55. The van der Waals surface area contributed by atoms with Crippen molar-refractivity contribution < 1.29 is 9.21 Å². The third-order valence-corrected chi connectivity index (χ3v) is 8.40. The Morgan fingerprint density at radius 2 is 1.63 bits per heavy atom. The van der Waals surface area contributed by atoms with Crippen LogP contribution in [0.4, 0.5) is 5.69 Å². The minimum atomic E-state index is -0.310. The number of aryl methyl sites for hydroxylation is 3. The zero-order chi connectivity index (χ0) is 21.0. The predicted molar refractivity (Wildman–Crippen MR) is 119 cm³/mol. The Morgan fingerprint density at radius 1 is 1.07 bits per heavy atom. The molecule has 0 saturated heterocycles. The summed E-state index contributed by atoms with van der Waals surface area (Å²) in [6.45, 7) is 8.03. The number of hydrogen-bond donors (Lipinski definition) is 1. The van der Waals surface area contributed by atoms with Gasteiger partial charge in [-0.25, -0.2) is 0 Å². The number of benzene rings is 1. The van der Waals surface area contributed by atoms with Gasteiger partial charge in [0.05, 0.1) is 5.25 Å². The highest BCUT2D eigenvalue weighted by Gasteiger charge is 2.54. The Morgan fingerprint density at radius 3 is 2.20 bits per heavy atom. The highest BCUT2D eigenvalue weighted by molar-refractivity contribution is 8.00. The van der Waals surface area contributed by atoms with Crippen molar-refractivity contribution in [1.29, 1.82) is 0 Å². The van der Waals surface area contributed by atoms with E-state index in [1.54, 1.807) is 0 Å². The maximum atomic E-state index is 12.8. The van der Waals surface area contributed by atoms with Gasteiger partial charge in [-0.2, -0.15) is 0 Å². The SMILES string of the molecule is Cc1cc(C)c(NC(=O)[C@@H](C)Sc2nnc(C34CC5CC(CC(C5)C3)C4)o2)c(C)c1. The molecular weight excluding hydrogens is 394 g/mol. The third kappa shape index (κ3) is 3.57. The molecule has 0 aliphatic heterocycles. The average Bonchev–Trinajstić information content (AvgIpc) is 3.12. The van der Waals surface area contributed by atoms with Gasteiger partial charge >= 0.3 is 0 Å². The van der Waals surface area contributed by atoms with Gasteiger partial charge in [0.1, 0.15) is 0 Å². The number of nitrogens with zero attached hydrogens (tertiary/aromatic N) is 2. The van der Waals surface area contributed by atoms with Gasteiger partial charge in [-0.3, -0.25) is 4.79 Å². The van der Waals surface area contributed by atoms with Gasteiger partial charge in [0.2, 0.25) is 11.8 Å². The quantitative estimate of drug-likeness (QED) is 0.633. The van der Waals surface area contributed by atoms with Crippen LogP contribution in [0.5, 0.6) is 0 Å². The zero-order valence-corrected chi connectivity index (χ0v) is 19.1. The van der Waals surface area contributed by atoms with Crippen LogP contribution in [0, 0.1) is 38.5 Å². The highest BCUT2D eigenvalue weighted by atomic mass is 32.2. The van der Waals surface area contributed by atoms with Crippen molar-refractivity contribution in [1.82, 2.24) is 10.2 Å². The molecule has 0 spiro atoms. The molecular formula is C24H31N3O2S. The normalized spacial score (nSPS) is 30.5. The number of rotatable bonds is 5. The fourth-order valence-electron chi connectivity index (χ4n) is 6.65. The summed E-state index contributed by atoms with van der Waals surface area (Å²) in [6.07, 6.45) is 7.78. The lowest BCUT2D eigenvalue weighted by molar-refractivity contribution is -0.115. The summed E-state index contributed by atoms with van der Waals surface area (Å²) in [5, 5.41) is 12.1. The van der Waals surface area contributed by atoms with Crippen LogP contribution in [0.25, 0.3) is 0 Å². The van der Waals surface area contributed by atoms with Crippen molar-refractivity contribution in [2.45, 2.75) is 82.1 Å². The first-order chi connectivity index (χ1) is 14.3. The second-order valence-corrected chi connectivity index (χ2v) is 11.4. The number of hydrogen-bond acceptors (Lipinski definition) is 5. The summed E-state index contributed by atoms with van der Waals surface area (Å²) in [6, 6.07) is 4.19. The molecule has 160 valence electrons. The Balaban J connectivity index is 1.27. The first-order valence-corrected chi connectivity index (χ1v) is 12.1. The molecule has 6 heteroatoms. The molecule has 2 aromatic rings. The van der Waals surface area contributed by atoms with Crippen LogP contribution in [0.1, 0.15) is 68.0 Å². The van der Waals surface area contributed by atoms with Gasteiger partial charge in [-0.1, -0.05) is 29.5 Å². The number of amides is 1. The van der Waals surface area contributed by atoms with Crippen LogP contribution in [0.15, 0.2) is 21.8 Å². The summed E-state index contributed by atoms with van der Waals surface area (Å²) >= 11 is 1.36. The second kappa shape index (κ2) is 7.40. The Bertz CT molecular complexity index is 924. The van der Waals surface area contributed by atoms with E-state index in [1.165, 1.54) is 55.9 Å². The molecule has 4 aliphatic carbocycles. The largest absolute Gasteiger partial charge is 0.415 e. The van der Waals surface area contributed by atoms with Crippen molar-refractivity contribution in [3.63, 3.8) is 0 Å². The standard InChI is InChI=1S/C24H31N3O2S/c1-13-5-14(2)20(15(3)6-13)25-21(28)16(4)30-23-27-26-22(29-23)24-10-17-7-18(11-24)9-19(8-17)12-24/h5-6,16-19H,7-12H2,1-4H3,(H,25,28)/t16-,17?,18?,19?,24?/m1/s1. The number of nitrogens with one attached hydrogen (secondary N) is 1. The predicted octanol–water partition coefficient (Wildman–Crippen LogP) is 5.58. The molecule has 4 saturated carbocycles. The molecule has 30 heavy (non-hydrogen) atoms. The summed E-state index contributed by atoms with van der Waals surface area (Å²) in [4.78, 5) is 12.8. The molecule has 6 rings (SSSR count). The molecule has 1 amide bonds. The first-order valence-electron chi connectivity index (χ1n) is 11.2. The van der Waals surface area contributed by atoms with E-state index < -0.39 is 0 Å². The van der Waals surface area contributed by atoms with Gasteiger partial charge in [0.25, 0.3) is 5.22 Å². The molecule has 1 atom stereocenters. The van der Waals surface area contributed by atoms with Gasteiger partial charge < -0.3 is 9.73 Å². The van der Waals surface area contributed by atoms with E-state index >= 15 is 0 Å². The minimum absolute atomic E-state index is 0.0374. The van der Waals surface area contributed by atoms with E-state index in [0.29, 0.717) is 5.22 Å². The zero-order valence-electron chi connectivity index (χ0n) is 18.3. The van der Waals surface area contributed by atoms with E-state index in [-0.39, 0.29) is 16.6 Å². The Kier molecular flexibility index (Phi) is 4.96. The highest BCUT2D eigenvalue weighted by Crippen LogP contribution is 2.60. The third-order valence-electron chi connectivity index (χ3n) is 7.47. The molecule has 0 radical (unpaired) electrons. The summed E-state index contributed by atoms with van der Waals surface area (Å²) in [5.41, 5.74) is 4.37. The summed E-state index contributed by atoms with van der Waals surface area (Å²) < 4.78 is 6.16. The Labute approximate surface area is 182 Å². The summed E-state index contributed by atoms with van der Waals surface area (Å²) in [7, 11) is 0. The number of thioether (sulfide) groups is 1. The summed E-state index contributed by atoms with van der Waals surface area (Å²) in [5.74, 6) is 3.30. The van der Waals surface area contributed by atoms with Crippen LogP contribution in [-0.2, 0) is 10.2 Å². The topological polar surface area (TPSA) is 68.0 Å². The van der Waals surface area contributed by atoms with E-state index in [1.807, 2.05) is 20.8 Å². The molecule has 1 aromatic carbocycles. The maximum absolute atomic E-state index is 12.8. The number of carbonyl (C=O) groups is 1. The van der Waals surface area contributed by atoms with Crippen molar-refractivity contribution >= 4 is 23.4 Å². The van der Waals surface area contributed by atoms with Gasteiger partial charge in [0, 0.05) is 11.1 Å². The van der Waals surface area contributed by atoms with Crippen LogP contribution in [-0.4, -0.2) is 21.4 Å². The fourth-order valence-corrected chi connectivity index (χ4v) is 7.33. The lowest BCUT2D eigenvalue weighted by Crippen LogP contribution is -2.48. The minimum Gasteiger partial charge on any atom is -0.415 e. The molecule has 1 heterocycles. The van der Waals surface area contributed by atoms with Crippen molar-refractivity contribution in [3.8, 4) is 0 Å². The molecule has 4 fully saturated rings. The number of anilines is 1. The molecule has 1 N–H and O–H groups in total. The average molecular weight is 426 g/mol. The Hall–Kier alpha value is -1.82. The van der Waals surface area contributed by atoms with E-state index in [4.69, 9.17) is 4.42 Å². The molecule has 5 nitrogen and oxygen atoms in total. The molecule has 4 aliphatic rings. The monoisotopic (exact) mass is 425 g/mol. The first kappa shape index (κ1) is 20.1. The van der Waals surface area contributed by atoms with Crippen molar-refractivity contribution in [2.75, 3.05) is 5.32 Å².